The van der Waals surface area contributed by atoms with Crippen molar-refractivity contribution < 1.29 is 13.9 Å². The summed E-state index contributed by atoms with van der Waals surface area (Å²) < 4.78 is 18.5. The Labute approximate surface area is 163 Å². The van der Waals surface area contributed by atoms with Crippen LogP contribution in [0, 0.1) is 5.82 Å². The number of carbonyl (C=O) groups is 1. The number of anilines is 2. The number of hydrogen-bond donors (Lipinski definition) is 2. The zero-order valence-corrected chi connectivity index (χ0v) is 15.6. The summed E-state index contributed by atoms with van der Waals surface area (Å²) in [6.45, 7) is 2.94. The molecule has 28 heavy (non-hydrogen) atoms. The normalized spacial score (nSPS) is 10.4. The molecule has 1 amide bonds. The van der Waals surface area contributed by atoms with E-state index in [0.29, 0.717) is 25.3 Å². The van der Waals surface area contributed by atoms with E-state index in [4.69, 9.17) is 4.74 Å². The first kappa shape index (κ1) is 19.4. The molecular weight excluding hydrogens is 357 g/mol. The van der Waals surface area contributed by atoms with Crippen molar-refractivity contribution in [2.45, 2.75) is 13.3 Å². The molecule has 0 radical (unpaired) electrons. The Hall–Kier alpha value is -3.41. The van der Waals surface area contributed by atoms with E-state index in [1.54, 1.807) is 30.5 Å². The highest BCUT2D eigenvalue weighted by Crippen LogP contribution is 2.27. The predicted molar refractivity (Wildman–Crippen MR) is 108 cm³/mol. The van der Waals surface area contributed by atoms with Gasteiger partial charge in [0.2, 0.25) is 0 Å². The van der Waals surface area contributed by atoms with Gasteiger partial charge in [0.15, 0.2) is 0 Å². The van der Waals surface area contributed by atoms with E-state index < -0.39 is 0 Å². The first-order valence-electron chi connectivity index (χ1n) is 9.13. The summed E-state index contributed by atoms with van der Waals surface area (Å²) in [6, 6.07) is 17.3. The molecule has 0 aliphatic rings. The van der Waals surface area contributed by atoms with Crippen LogP contribution in [0.2, 0.25) is 0 Å². The van der Waals surface area contributed by atoms with Gasteiger partial charge in [-0.25, -0.2) is 4.39 Å². The summed E-state index contributed by atoms with van der Waals surface area (Å²) in [4.78, 5) is 16.5. The molecule has 1 heterocycles. The molecule has 0 spiro atoms. The molecule has 144 valence electrons. The number of rotatable bonds is 8. The summed E-state index contributed by atoms with van der Waals surface area (Å²) in [6.07, 6.45) is 2.20. The van der Waals surface area contributed by atoms with E-state index >= 15 is 0 Å². The zero-order chi connectivity index (χ0) is 19.8. The molecule has 0 aliphatic carbocycles. The molecule has 3 rings (SSSR count). The lowest BCUT2D eigenvalue weighted by Crippen LogP contribution is -2.26. The second-order valence-electron chi connectivity index (χ2n) is 6.12. The highest BCUT2D eigenvalue weighted by molar-refractivity contribution is 5.93. The highest BCUT2D eigenvalue weighted by atomic mass is 19.1. The third kappa shape index (κ3) is 5.30. The molecule has 6 heteroatoms. The second-order valence-corrected chi connectivity index (χ2v) is 6.12. The summed E-state index contributed by atoms with van der Waals surface area (Å²) >= 11 is 0. The number of para-hydroxylation sites is 2. The van der Waals surface area contributed by atoms with E-state index in [1.165, 1.54) is 12.1 Å². The maximum atomic E-state index is 12.9. The quantitative estimate of drug-likeness (QED) is 0.611. The molecule has 0 saturated heterocycles. The van der Waals surface area contributed by atoms with Crippen LogP contribution in [-0.2, 0) is 6.42 Å². The number of nitrogens with one attached hydrogen (secondary N) is 2. The maximum absolute atomic E-state index is 12.9. The Morgan fingerprint density at radius 3 is 2.68 bits per heavy atom. The van der Waals surface area contributed by atoms with Gasteiger partial charge in [0.25, 0.3) is 5.91 Å². The Kier molecular flexibility index (Phi) is 6.57. The van der Waals surface area contributed by atoms with Crippen molar-refractivity contribution in [3.63, 3.8) is 0 Å². The number of aromatic nitrogens is 1. The molecule has 0 saturated carbocycles. The first-order chi connectivity index (χ1) is 13.7. The van der Waals surface area contributed by atoms with Gasteiger partial charge >= 0.3 is 0 Å². The Bertz CT molecular complexity index is 929. The Morgan fingerprint density at radius 1 is 1.11 bits per heavy atom. The minimum atomic E-state index is -0.271. The molecule has 1 aromatic heterocycles. The lowest BCUT2D eigenvalue weighted by molar-refractivity contribution is 0.0949. The minimum Gasteiger partial charge on any atom is -0.492 e. The van der Waals surface area contributed by atoms with E-state index in [9.17, 15) is 9.18 Å². The van der Waals surface area contributed by atoms with Crippen LogP contribution in [0.15, 0.2) is 66.9 Å². The molecule has 3 aromatic rings. The Morgan fingerprint density at radius 2 is 1.89 bits per heavy atom. The van der Waals surface area contributed by atoms with Gasteiger partial charge in [0, 0.05) is 18.4 Å². The average molecular weight is 379 g/mol. The van der Waals surface area contributed by atoms with Crippen LogP contribution in [0.5, 0.6) is 5.75 Å². The smallest absolute Gasteiger partial charge is 0.269 e. The monoisotopic (exact) mass is 379 g/mol. The molecule has 0 bridgehead atoms. The van der Waals surface area contributed by atoms with Crippen LogP contribution in [0.25, 0.3) is 0 Å². The largest absolute Gasteiger partial charge is 0.492 e. The topological polar surface area (TPSA) is 63.2 Å². The van der Waals surface area contributed by atoms with Gasteiger partial charge in [-0.1, -0.05) is 24.3 Å². The van der Waals surface area contributed by atoms with Gasteiger partial charge in [0.1, 0.15) is 17.3 Å². The second kappa shape index (κ2) is 9.50. The minimum absolute atomic E-state index is 0.260. The van der Waals surface area contributed by atoms with Crippen molar-refractivity contribution in [2.75, 3.05) is 18.5 Å². The van der Waals surface area contributed by atoms with E-state index in [2.05, 4.69) is 15.6 Å². The van der Waals surface area contributed by atoms with Crippen molar-refractivity contribution in [1.29, 1.82) is 0 Å². The number of ether oxygens (including phenoxy) is 1. The maximum Gasteiger partial charge on any atom is 0.269 e. The van der Waals surface area contributed by atoms with Crippen LogP contribution in [-0.4, -0.2) is 24.0 Å². The van der Waals surface area contributed by atoms with Crippen molar-refractivity contribution in [3.05, 3.63) is 83.9 Å². The van der Waals surface area contributed by atoms with Crippen LogP contribution in [0.4, 0.5) is 15.8 Å². The van der Waals surface area contributed by atoms with E-state index in [0.717, 1.165) is 22.7 Å². The number of benzene rings is 2. The molecule has 0 fully saturated rings. The molecule has 0 unspecified atom stereocenters. The molecule has 5 nitrogen and oxygen atoms in total. The fourth-order valence-electron chi connectivity index (χ4n) is 2.70. The number of amides is 1. The molecular formula is C22H22FN3O2. The van der Waals surface area contributed by atoms with Crippen LogP contribution < -0.4 is 15.4 Å². The standard InChI is InChI=1S/C22H22FN3O2/c1-2-28-21-6-4-3-5-19(21)26-18-12-14-24-20(15-18)22(27)25-13-11-16-7-9-17(23)10-8-16/h3-10,12,14-15H,2,11,13H2,1H3,(H,24,26)(H,25,27). The average Bonchev–Trinajstić information content (AvgIpc) is 2.71. The van der Waals surface area contributed by atoms with Crippen LogP contribution >= 0.6 is 0 Å². The lowest BCUT2D eigenvalue weighted by atomic mass is 10.1. The lowest BCUT2D eigenvalue weighted by Gasteiger charge is -2.12. The number of carbonyl (C=O) groups excluding carboxylic acids is 1. The molecule has 0 aliphatic heterocycles. The van der Waals surface area contributed by atoms with Gasteiger partial charge in [-0.15, -0.1) is 0 Å². The van der Waals surface area contributed by atoms with Crippen molar-refractivity contribution in [1.82, 2.24) is 10.3 Å². The number of hydrogen-bond acceptors (Lipinski definition) is 4. The van der Waals surface area contributed by atoms with Gasteiger partial charge in [-0.05, 0) is 55.3 Å². The number of halogens is 1. The third-order valence-corrected chi connectivity index (χ3v) is 4.07. The van der Waals surface area contributed by atoms with Gasteiger partial charge in [-0.3, -0.25) is 9.78 Å². The van der Waals surface area contributed by atoms with Crippen molar-refractivity contribution >= 4 is 17.3 Å². The SMILES string of the molecule is CCOc1ccccc1Nc1ccnc(C(=O)NCCc2ccc(F)cc2)c1. The van der Waals surface area contributed by atoms with Crippen molar-refractivity contribution in [2.24, 2.45) is 0 Å². The highest BCUT2D eigenvalue weighted by Gasteiger charge is 2.09. The van der Waals surface area contributed by atoms with Gasteiger partial charge < -0.3 is 15.4 Å². The summed E-state index contributed by atoms with van der Waals surface area (Å²) in [5, 5.41) is 6.10. The number of pyridine rings is 1. The van der Waals surface area contributed by atoms with E-state index in [-0.39, 0.29) is 11.7 Å². The summed E-state index contributed by atoms with van der Waals surface area (Å²) in [5.74, 6) is 0.211. The fraction of sp³-hybridized carbons (Fsp3) is 0.182. The summed E-state index contributed by atoms with van der Waals surface area (Å²) in [5.41, 5.74) is 2.83. The first-order valence-corrected chi connectivity index (χ1v) is 9.13. The molecule has 0 atom stereocenters. The molecule has 2 aromatic carbocycles. The van der Waals surface area contributed by atoms with Gasteiger partial charge in [-0.2, -0.15) is 0 Å². The van der Waals surface area contributed by atoms with Crippen molar-refractivity contribution in [3.8, 4) is 5.75 Å². The van der Waals surface area contributed by atoms with E-state index in [1.807, 2.05) is 31.2 Å². The summed E-state index contributed by atoms with van der Waals surface area (Å²) in [7, 11) is 0. The van der Waals surface area contributed by atoms with Gasteiger partial charge in [0.05, 0.1) is 12.3 Å². The fourth-order valence-corrected chi connectivity index (χ4v) is 2.70. The number of nitrogens with zero attached hydrogens (tertiary/aromatic N) is 1. The zero-order valence-electron chi connectivity index (χ0n) is 15.6. The predicted octanol–water partition coefficient (Wildman–Crippen LogP) is 4.34. The third-order valence-electron chi connectivity index (χ3n) is 4.07. The van der Waals surface area contributed by atoms with Crippen LogP contribution in [0.1, 0.15) is 23.0 Å². The molecule has 2 N–H and O–H groups in total. The Balaban J connectivity index is 1.61. The van der Waals surface area contributed by atoms with Crippen LogP contribution in [0.3, 0.4) is 0 Å².